The predicted molar refractivity (Wildman–Crippen MR) is 103 cm³/mol. The highest BCUT2D eigenvalue weighted by atomic mass is 16.3. The van der Waals surface area contributed by atoms with E-state index in [1.807, 2.05) is 50.2 Å². The number of urea groups is 1. The van der Waals surface area contributed by atoms with Crippen LogP contribution >= 0.6 is 0 Å². The van der Waals surface area contributed by atoms with Crippen LogP contribution in [0.25, 0.3) is 10.8 Å². The van der Waals surface area contributed by atoms with Crippen molar-refractivity contribution in [3.63, 3.8) is 0 Å². The van der Waals surface area contributed by atoms with Gasteiger partial charge in [-0.2, -0.15) is 0 Å². The smallest absolute Gasteiger partial charge is 0.321 e. The number of nitrogens with one attached hydrogen (secondary N) is 2. The second-order valence-corrected chi connectivity index (χ2v) is 6.98. The molecule has 26 heavy (non-hydrogen) atoms. The number of imidazole rings is 1. The molecule has 1 unspecified atom stereocenters. The van der Waals surface area contributed by atoms with E-state index < -0.39 is 5.60 Å². The van der Waals surface area contributed by atoms with Crippen molar-refractivity contribution in [1.82, 2.24) is 14.9 Å². The number of rotatable bonds is 4. The molecule has 1 atom stereocenters. The van der Waals surface area contributed by atoms with Crippen molar-refractivity contribution < 1.29 is 9.90 Å². The van der Waals surface area contributed by atoms with Crippen LogP contribution in [0.3, 0.4) is 0 Å². The molecule has 6 heteroatoms. The van der Waals surface area contributed by atoms with Gasteiger partial charge in [0.05, 0.1) is 12.0 Å². The van der Waals surface area contributed by atoms with E-state index in [-0.39, 0.29) is 11.9 Å². The van der Waals surface area contributed by atoms with Gasteiger partial charge in [-0.25, -0.2) is 9.78 Å². The normalized spacial score (nSPS) is 13.6. The molecule has 0 saturated carbocycles. The Hall–Kier alpha value is -2.86. The second kappa shape index (κ2) is 6.80. The first-order valence-electron chi connectivity index (χ1n) is 8.56. The van der Waals surface area contributed by atoms with Gasteiger partial charge in [-0.15, -0.1) is 0 Å². The van der Waals surface area contributed by atoms with Crippen molar-refractivity contribution in [2.45, 2.75) is 19.4 Å². The van der Waals surface area contributed by atoms with E-state index in [0.717, 1.165) is 22.0 Å². The number of aromatic nitrogens is 2. The number of carbonyl (C=O) groups excluding carboxylic acids is 1. The number of H-pyrrole nitrogens is 1. The number of carbonyl (C=O) groups is 1. The molecule has 0 radical (unpaired) electrons. The molecule has 3 N–H and O–H groups in total. The zero-order valence-electron chi connectivity index (χ0n) is 15.4. The summed E-state index contributed by atoms with van der Waals surface area (Å²) in [6.07, 6.45) is 3.30. The van der Waals surface area contributed by atoms with Gasteiger partial charge in [0, 0.05) is 26.0 Å². The van der Waals surface area contributed by atoms with Crippen LogP contribution in [0, 0.1) is 5.92 Å². The third-order valence-electron chi connectivity index (χ3n) is 4.66. The molecular formula is C20H24N4O2. The lowest BCUT2D eigenvalue weighted by atomic mass is 9.80. The van der Waals surface area contributed by atoms with E-state index in [4.69, 9.17) is 0 Å². The van der Waals surface area contributed by atoms with Crippen molar-refractivity contribution in [3.05, 3.63) is 60.2 Å². The summed E-state index contributed by atoms with van der Waals surface area (Å²) in [6, 6.07) is 11.4. The standard InChI is InChI=1S/C20H24N4O2/c1-13(2)20(26,18-11-21-12-22-18)16-7-5-15-10-17(8-6-14(15)9-16)23-19(25)24(3)4/h5-13,26H,1-4H3,(H,21,22)(H,23,25). The third-order valence-corrected chi connectivity index (χ3v) is 4.66. The number of aliphatic hydroxyl groups is 1. The molecule has 2 aromatic carbocycles. The molecule has 0 aliphatic rings. The number of benzene rings is 2. The summed E-state index contributed by atoms with van der Waals surface area (Å²) in [7, 11) is 3.40. The van der Waals surface area contributed by atoms with Crippen molar-refractivity contribution in [3.8, 4) is 0 Å². The lowest BCUT2D eigenvalue weighted by molar-refractivity contribution is 0.0281. The van der Waals surface area contributed by atoms with Crippen molar-refractivity contribution >= 4 is 22.5 Å². The lowest BCUT2D eigenvalue weighted by Crippen LogP contribution is -2.33. The van der Waals surface area contributed by atoms with Crippen molar-refractivity contribution in [2.24, 2.45) is 5.92 Å². The first kappa shape index (κ1) is 17.9. The molecule has 3 rings (SSSR count). The van der Waals surface area contributed by atoms with E-state index in [1.54, 1.807) is 26.6 Å². The average Bonchev–Trinajstić information content (AvgIpc) is 3.15. The van der Waals surface area contributed by atoms with Crippen LogP contribution in [0.5, 0.6) is 0 Å². The number of hydrogen-bond acceptors (Lipinski definition) is 3. The zero-order chi connectivity index (χ0) is 18.9. The monoisotopic (exact) mass is 352 g/mol. The highest BCUT2D eigenvalue weighted by Gasteiger charge is 2.37. The Bertz CT molecular complexity index is 919. The minimum atomic E-state index is -1.17. The summed E-state index contributed by atoms with van der Waals surface area (Å²) in [5, 5.41) is 16.2. The van der Waals surface area contributed by atoms with Crippen LogP contribution < -0.4 is 5.32 Å². The topological polar surface area (TPSA) is 81.2 Å². The van der Waals surface area contributed by atoms with Crippen LogP contribution in [-0.2, 0) is 5.60 Å². The summed E-state index contributed by atoms with van der Waals surface area (Å²) in [5.41, 5.74) is 0.945. The Labute approximate surface area is 152 Å². The molecule has 3 aromatic rings. The van der Waals surface area contributed by atoms with Crippen LogP contribution in [0.1, 0.15) is 25.1 Å². The molecule has 1 aromatic heterocycles. The van der Waals surface area contributed by atoms with Gasteiger partial charge in [-0.05, 0) is 40.5 Å². The number of nitrogens with zero attached hydrogens (tertiary/aromatic N) is 2. The maximum atomic E-state index is 11.8. The second-order valence-electron chi connectivity index (χ2n) is 6.98. The first-order valence-corrected chi connectivity index (χ1v) is 8.56. The fourth-order valence-electron chi connectivity index (χ4n) is 3.04. The Morgan fingerprint density at radius 1 is 1.19 bits per heavy atom. The molecule has 0 bridgehead atoms. The SMILES string of the molecule is CC(C)C(O)(c1ccc2cc(NC(=O)N(C)C)ccc2c1)c1c[nH]cn1. The van der Waals surface area contributed by atoms with Gasteiger partial charge in [0.25, 0.3) is 0 Å². The molecule has 136 valence electrons. The molecule has 0 saturated heterocycles. The number of fused-ring (bicyclic) bond motifs is 1. The Morgan fingerprint density at radius 3 is 2.50 bits per heavy atom. The lowest BCUT2D eigenvalue weighted by Gasteiger charge is -2.31. The van der Waals surface area contributed by atoms with E-state index in [0.29, 0.717) is 5.69 Å². The van der Waals surface area contributed by atoms with Gasteiger partial charge in [0.15, 0.2) is 0 Å². The van der Waals surface area contributed by atoms with Crippen LogP contribution in [0.2, 0.25) is 0 Å². The van der Waals surface area contributed by atoms with Gasteiger partial charge >= 0.3 is 6.03 Å². The maximum Gasteiger partial charge on any atom is 0.321 e. The van der Waals surface area contributed by atoms with E-state index in [2.05, 4.69) is 15.3 Å². The van der Waals surface area contributed by atoms with E-state index >= 15 is 0 Å². The molecule has 0 fully saturated rings. The number of aromatic amines is 1. The Morgan fingerprint density at radius 2 is 1.88 bits per heavy atom. The van der Waals surface area contributed by atoms with Crippen LogP contribution in [0.4, 0.5) is 10.5 Å². The number of anilines is 1. The van der Waals surface area contributed by atoms with E-state index in [1.165, 1.54) is 4.90 Å². The van der Waals surface area contributed by atoms with Crippen molar-refractivity contribution in [1.29, 1.82) is 0 Å². The average molecular weight is 352 g/mol. The largest absolute Gasteiger partial charge is 0.378 e. The summed E-state index contributed by atoms with van der Waals surface area (Å²) in [5.74, 6) is -0.0538. The van der Waals surface area contributed by atoms with Gasteiger partial charge in [-0.1, -0.05) is 32.0 Å². The van der Waals surface area contributed by atoms with Gasteiger partial charge in [-0.3, -0.25) is 0 Å². The van der Waals surface area contributed by atoms with Crippen molar-refractivity contribution in [2.75, 3.05) is 19.4 Å². The summed E-state index contributed by atoms with van der Waals surface area (Å²) in [4.78, 5) is 20.5. The first-order chi connectivity index (χ1) is 12.3. The Kier molecular flexibility index (Phi) is 4.70. The number of amides is 2. The molecule has 1 heterocycles. The molecule has 6 nitrogen and oxygen atoms in total. The molecule has 0 aliphatic carbocycles. The van der Waals surface area contributed by atoms with Crippen LogP contribution in [0.15, 0.2) is 48.9 Å². The fraction of sp³-hybridized carbons (Fsp3) is 0.300. The fourth-order valence-corrected chi connectivity index (χ4v) is 3.04. The minimum absolute atomic E-state index is 0.0538. The van der Waals surface area contributed by atoms with E-state index in [9.17, 15) is 9.90 Å². The molecular weight excluding hydrogens is 328 g/mol. The molecule has 0 aliphatic heterocycles. The Balaban J connectivity index is 2.00. The number of hydrogen-bond donors (Lipinski definition) is 3. The molecule has 0 spiro atoms. The zero-order valence-corrected chi connectivity index (χ0v) is 15.4. The van der Waals surface area contributed by atoms with Gasteiger partial charge < -0.3 is 20.3 Å². The third kappa shape index (κ3) is 3.15. The van der Waals surface area contributed by atoms with Gasteiger partial charge in [0.1, 0.15) is 5.60 Å². The summed E-state index contributed by atoms with van der Waals surface area (Å²) >= 11 is 0. The summed E-state index contributed by atoms with van der Waals surface area (Å²) < 4.78 is 0. The minimum Gasteiger partial charge on any atom is -0.378 e. The maximum absolute atomic E-state index is 11.8. The highest BCUT2D eigenvalue weighted by Crippen LogP contribution is 2.37. The molecule has 2 amide bonds. The predicted octanol–water partition coefficient (Wildman–Crippen LogP) is 3.55. The van der Waals surface area contributed by atoms with Gasteiger partial charge in [0.2, 0.25) is 0 Å². The summed E-state index contributed by atoms with van der Waals surface area (Å²) in [6.45, 7) is 3.94. The van der Waals surface area contributed by atoms with Crippen LogP contribution in [-0.4, -0.2) is 40.1 Å². The highest BCUT2D eigenvalue weighted by molar-refractivity contribution is 5.93. The quantitative estimate of drug-likeness (QED) is 0.672.